The molecule has 3 N–H and O–H groups in total. The zero-order valence-corrected chi connectivity index (χ0v) is 13.3. The Morgan fingerprint density at radius 3 is 2.68 bits per heavy atom. The molecule has 4 nitrogen and oxygen atoms in total. The van der Waals surface area contributed by atoms with Crippen molar-refractivity contribution in [3.8, 4) is 5.75 Å². The van der Waals surface area contributed by atoms with Crippen LogP contribution in [0.25, 0.3) is 0 Å². The Morgan fingerprint density at radius 2 is 2.05 bits per heavy atom. The van der Waals surface area contributed by atoms with Crippen LogP contribution in [-0.4, -0.2) is 4.98 Å². The molecule has 0 aliphatic carbocycles. The van der Waals surface area contributed by atoms with Crippen molar-refractivity contribution in [3.05, 3.63) is 51.1 Å². The van der Waals surface area contributed by atoms with E-state index in [0.29, 0.717) is 15.9 Å². The normalized spacial score (nSPS) is 11.4. The third-order valence-corrected chi connectivity index (χ3v) is 3.76. The van der Waals surface area contributed by atoms with Gasteiger partial charge in [-0.25, -0.2) is 10.8 Å². The topological polar surface area (TPSA) is 60.2 Å². The molecule has 0 saturated carbocycles. The van der Waals surface area contributed by atoms with E-state index in [2.05, 4.69) is 26.3 Å². The summed E-state index contributed by atoms with van der Waals surface area (Å²) in [5.74, 6) is 5.72. The summed E-state index contributed by atoms with van der Waals surface area (Å²) in [7, 11) is 0. The van der Waals surface area contributed by atoms with Gasteiger partial charge in [0.25, 0.3) is 0 Å². The Bertz CT molecular complexity index is 682. The van der Waals surface area contributed by atoms with Gasteiger partial charge in [-0.05, 0) is 40.2 Å². The second-order valence-electron chi connectivity index (χ2n) is 4.23. The number of alkyl halides is 3. The van der Waals surface area contributed by atoms with Crippen molar-refractivity contribution in [1.29, 1.82) is 0 Å². The summed E-state index contributed by atoms with van der Waals surface area (Å²) >= 11 is 8.83. The standard InChI is InChI=1S/C13H10BrClF3N3O/c14-10-5-20-12(21-19)3-7(10)6-22-8-1-2-11(15)9(4-8)13(16,17)18/h1-5H,6,19H2,(H,20,21). The lowest BCUT2D eigenvalue weighted by atomic mass is 10.2. The number of nitrogens with zero attached hydrogens (tertiary/aromatic N) is 1. The number of aromatic nitrogens is 1. The molecule has 1 aromatic heterocycles. The monoisotopic (exact) mass is 395 g/mol. The van der Waals surface area contributed by atoms with Gasteiger partial charge in [-0.1, -0.05) is 11.6 Å². The molecule has 22 heavy (non-hydrogen) atoms. The maximum Gasteiger partial charge on any atom is 0.417 e. The molecule has 1 aromatic carbocycles. The van der Waals surface area contributed by atoms with Crippen LogP contribution in [0, 0.1) is 0 Å². The van der Waals surface area contributed by atoms with Gasteiger partial charge >= 0.3 is 6.18 Å². The van der Waals surface area contributed by atoms with Crippen molar-refractivity contribution in [1.82, 2.24) is 4.98 Å². The highest BCUT2D eigenvalue weighted by Gasteiger charge is 2.33. The fourth-order valence-corrected chi connectivity index (χ4v) is 2.20. The molecule has 2 rings (SSSR count). The molecule has 0 aliphatic rings. The van der Waals surface area contributed by atoms with Crippen LogP contribution in [0.15, 0.2) is 34.9 Å². The number of hydrazine groups is 1. The van der Waals surface area contributed by atoms with E-state index in [4.69, 9.17) is 22.2 Å². The summed E-state index contributed by atoms with van der Waals surface area (Å²) in [4.78, 5) is 3.97. The molecule has 0 bridgehead atoms. The zero-order chi connectivity index (χ0) is 16.3. The lowest BCUT2D eigenvalue weighted by Crippen LogP contribution is -2.09. The largest absolute Gasteiger partial charge is 0.489 e. The molecule has 0 radical (unpaired) electrons. The van der Waals surface area contributed by atoms with Gasteiger partial charge in [-0.3, -0.25) is 0 Å². The van der Waals surface area contributed by atoms with Crippen LogP contribution < -0.4 is 16.0 Å². The molecule has 118 valence electrons. The lowest BCUT2D eigenvalue weighted by Gasteiger charge is -2.13. The van der Waals surface area contributed by atoms with Gasteiger partial charge in [0.15, 0.2) is 0 Å². The van der Waals surface area contributed by atoms with Gasteiger partial charge in [0.05, 0.1) is 10.6 Å². The molecule has 0 spiro atoms. The number of anilines is 1. The second kappa shape index (κ2) is 6.72. The van der Waals surface area contributed by atoms with Crippen molar-refractivity contribution in [2.24, 2.45) is 5.84 Å². The molecule has 0 aliphatic heterocycles. The van der Waals surface area contributed by atoms with Crippen LogP contribution in [0.5, 0.6) is 5.75 Å². The van der Waals surface area contributed by atoms with Crippen LogP contribution in [0.1, 0.15) is 11.1 Å². The van der Waals surface area contributed by atoms with Crippen molar-refractivity contribution in [2.75, 3.05) is 5.43 Å². The number of rotatable bonds is 4. The fourth-order valence-electron chi connectivity index (χ4n) is 1.64. The average Bonchev–Trinajstić information content (AvgIpc) is 2.46. The van der Waals surface area contributed by atoms with Crippen molar-refractivity contribution >= 4 is 33.3 Å². The molecule has 0 atom stereocenters. The van der Waals surface area contributed by atoms with Gasteiger partial charge in [0.1, 0.15) is 18.2 Å². The van der Waals surface area contributed by atoms with E-state index in [-0.39, 0.29) is 17.4 Å². The third-order valence-electron chi connectivity index (χ3n) is 2.72. The van der Waals surface area contributed by atoms with Gasteiger partial charge in [0.2, 0.25) is 0 Å². The highest BCUT2D eigenvalue weighted by atomic mass is 79.9. The zero-order valence-electron chi connectivity index (χ0n) is 10.9. The molecule has 0 saturated heterocycles. The van der Waals surface area contributed by atoms with Crippen LogP contribution in [0.2, 0.25) is 5.02 Å². The molecule has 0 amide bonds. The SMILES string of the molecule is NNc1cc(COc2ccc(Cl)c(C(F)(F)F)c2)c(Br)cn1. The predicted molar refractivity (Wildman–Crippen MR) is 80.5 cm³/mol. The molecule has 2 aromatic rings. The number of ether oxygens (including phenoxy) is 1. The number of hydrogen-bond acceptors (Lipinski definition) is 4. The average molecular weight is 397 g/mol. The molecule has 1 heterocycles. The second-order valence-corrected chi connectivity index (χ2v) is 5.49. The van der Waals surface area contributed by atoms with Gasteiger partial charge in [-0.15, -0.1) is 0 Å². The Balaban J connectivity index is 2.19. The maximum atomic E-state index is 12.8. The molecule has 9 heteroatoms. The van der Waals surface area contributed by atoms with Crippen molar-refractivity contribution in [3.63, 3.8) is 0 Å². The Labute approximate surface area is 137 Å². The Hall–Kier alpha value is -1.51. The van der Waals surface area contributed by atoms with E-state index in [1.165, 1.54) is 12.3 Å². The predicted octanol–water partition coefficient (Wildman–Crippen LogP) is 4.38. The van der Waals surface area contributed by atoms with E-state index < -0.39 is 11.7 Å². The van der Waals surface area contributed by atoms with E-state index >= 15 is 0 Å². The number of halogens is 5. The van der Waals surface area contributed by atoms with Crippen LogP contribution in [-0.2, 0) is 12.8 Å². The molecule has 0 unspecified atom stereocenters. The number of nitrogen functional groups attached to an aromatic ring is 1. The Kier molecular flexibility index (Phi) is 5.15. The first kappa shape index (κ1) is 16.9. The number of pyridine rings is 1. The fraction of sp³-hybridized carbons (Fsp3) is 0.154. The quantitative estimate of drug-likeness (QED) is 0.595. The summed E-state index contributed by atoms with van der Waals surface area (Å²) in [6.07, 6.45) is -3.03. The highest BCUT2D eigenvalue weighted by Crippen LogP contribution is 2.37. The minimum atomic E-state index is -4.54. The first-order chi connectivity index (χ1) is 10.3. The van der Waals surface area contributed by atoms with E-state index in [1.807, 2.05) is 0 Å². The minimum Gasteiger partial charge on any atom is -0.489 e. The third kappa shape index (κ3) is 4.02. The summed E-state index contributed by atoms with van der Waals surface area (Å²) in [6, 6.07) is 4.99. The van der Waals surface area contributed by atoms with E-state index in [9.17, 15) is 13.2 Å². The number of benzene rings is 1. The summed E-state index contributed by atoms with van der Waals surface area (Å²) in [6.45, 7) is 0.0384. The smallest absolute Gasteiger partial charge is 0.417 e. The van der Waals surface area contributed by atoms with Crippen LogP contribution in [0.4, 0.5) is 19.0 Å². The highest BCUT2D eigenvalue weighted by molar-refractivity contribution is 9.10. The molecule has 0 fully saturated rings. The number of nitrogens with one attached hydrogen (secondary N) is 1. The van der Waals surface area contributed by atoms with Gasteiger partial charge < -0.3 is 10.2 Å². The number of nitrogens with two attached hydrogens (primary N) is 1. The first-order valence-electron chi connectivity index (χ1n) is 5.92. The maximum absolute atomic E-state index is 12.8. The first-order valence-corrected chi connectivity index (χ1v) is 7.09. The van der Waals surface area contributed by atoms with E-state index in [1.54, 1.807) is 6.07 Å². The number of hydrogen-bond donors (Lipinski definition) is 2. The van der Waals surface area contributed by atoms with Gasteiger partial charge in [0, 0.05) is 16.2 Å². The summed E-state index contributed by atoms with van der Waals surface area (Å²) in [5, 5.41) is -0.375. The minimum absolute atomic E-state index is 0.0384. The van der Waals surface area contributed by atoms with Crippen LogP contribution >= 0.6 is 27.5 Å². The summed E-state index contributed by atoms with van der Waals surface area (Å²) in [5.41, 5.74) is 2.11. The van der Waals surface area contributed by atoms with Gasteiger partial charge in [-0.2, -0.15) is 13.2 Å². The molecular formula is C13H10BrClF3N3O. The molecular weight excluding hydrogens is 387 g/mol. The van der Waals surface area contributed by atoms with E-state index in [0.717, 1.165) is 12.1 Å². The Morgan fingerprint density at radius 1 is 1.32 bits per heavy atom. The van der Waals surface area contributed by atoms with Crippen LogP contribution in [0.3, 0.4) is 0 Å². The van der Waals surface area contributed by atoms with Crippen molar-refractivity contribution < 1.29 is 17.9 Å². The summed E-state index contributed by atoms with van der Waals surface area (Å²) < 4.78 is 44.4. The van der Waals surface area contributed by atoms with Crippen molar-refractivity contribution in [2.45, 2.75) is 12.8 Å². The lowest BCUT2D eigenvalue weighted by molar-refractivity contribution is -0.137.